The molecule has 0 saturated heterocycles. The van der Waals surface area contributed by atoms with Crippen molar-refractivity contribution in [2.75, 3.05) is 0 Å². The molecule has 0 aliphatic heterocycles. The van der Waals surface area contributed by atoms with Crippen molar-refractivity contribution < 1.29 is 14.8 Å². The Balaban J connectivity index is 2.05. The summed E-state index contributed by atoms with van der Waals surface area (Å²) in [5.74, 6) is -0.977. The van der Waals surface area contributed by atoms with E-state index in [4.69, 9.17) is 11.6 Å². The zero-order valence-electron chi connectivity index (χ0n) is 11.8. The van der Waals surface area contributed by atoms with Gasteiger partial charge >= 0.3 is 5.69 Å². The molecule has 0 bridgehead atoms. The molecule has 0 atom stereocenters. The van der Waals surface area contributed by atoms with Crippen LogP contribution < -0.4 is 5.43 Å². The summed E-state index contributed by atoms with van der Waals surface area (Å²) >= 11 is 7.18. The molecule has 2 N–H and O–H groups in total. The maximum atomic E-state index is 11.7. The topological polar surface area (TPSA) is 118 Å². The van der Waals surface area contributed by atoms with Crippen LogP contribution in [0.3, 0.4) is 0 Å². The summed E-state index contributed by atoms with van der Waals surface area (Å²) in [5.41, 5.74) is 2.37. The highest BCUT2D eigenvalue weighted by Gasteiger charge is 2.17. The van der Waals surface area contributed by atoms with Gasteiger partial charge in [-0.2, -0.15) is 5.10 Å². The highest BCUT2D eigenvalue weighted by Crippen LogP contribution is 2.32. The second-order valence-corrected chi connectivity index (χ2v) is 5.95. The van der Waals surface area contributed by atoms with Crippen molar-refractivity contribution in [2.24, 2.45) is 5.10 Å². The minimum atomic E-state index is -0.762. The minimum Gasteiger partial charge on any atom is -0.502 e. The molecular weight excluding hydrogens is 344 g/mol. The summed E-state index contributed by atoms with van der Waals surface area (Å²) in [4.78, 5) is 25.8. The summed E-state index contributed by atoms with van der Waals surface area (Å²) in [6.45, 7) is 1.83. The maximum Gasteiger partial charge on any atom is 0.312 e. The van der Waals surface area contributed by atoms with Crippen LogP contribution in [0.1, 0.15) is 16.3 Å². The summed E-state index contributed by atoms with van der Waals surface area (Å²) in [5, 5.41) is 26.9. The summed E-state index contributed by atoms with van der Waals surface area (Å²) < 4.78 is 0. The molecule has 120 valence electrons. The zero-order valence-corrected chi connectivity index (χ0v) is 13.4. The Morgan fingerprint density at radius 1 is 1.61 bits per heavy atom. The van der Waals surface area contributed by atoms with Gasteiger partial charge in [0.1, 0.15) is 0 Å². The standard InChI is InChI=1S/C13H11ClN4O4S/c1-7-16-10(6-23-7)4-12(19)17-15-5-8-2-9(14)3-11(13(8)20)18(21)22/h2-3,5-6,20H,4H2,1H3,(H,17,19)/b15-5-. The Hall–Kier alpha value is -2.52. The normalized spacial score (nSPS) is 10.9. The molecule has 0 fully saturated rings. The van der Waals surface area contributed by atoms with E-state index in [1.807, 2.05) is 6.92 Å². The number of halogens is 1. The highest BCUT2D eigenvalue weighted by atomic mass is 35.5. The van der Waals surface area contributed by atoms with Crippen molar-refractivity contribution in [2.45, 2.75) is 13.3 Å². The minimum absolute atomic E-state index is 0.0222. The van der Waals surface area contributed by atoms with Gasteiger partial charge in [0.15, 0.2) is 0 Å². The lowest BCUT2D eigenvalue weighted by molar-refractivity contribution is -0.385. The molecule has 0 unspecified atom stereocenters. The summed E-state index contributed by atoms with van der Waals surface area (Å²) in [6, 6.07) is 2.32. The van der Waals surface area contributed by atoms with Crippen LogP contribution in [0.4, 0.5) is 5.69 Å². The molecule has 2 rings (SSSR count). The molecule has 2 aromatic rings. The average Bonchev–Trinajstić information content (AvgIpc) is 2.87. The van der Waals surface area contributed by atoms with Crippen LogP contribution in [0.15, 0.2) is 22.6 Å². The number of thiazole rings is 1. The van der Waals surface area contributed by atoms with Crippen LogP contribution in [0.25, 0.3) is 0 Å². The van der Waals surface area contributed by atoms with Gasteiger partial charge < -0.3 is 5.11 Å². The molecule has 1 aromatic heterocycles. The van der Waals surface area contributed by atoms with Crippen LogP contribution in [-0.2, 0) is 11.2 Å². The number of aromatic nitrogens is 1. The summed E-state index contributed by atoms with van der Waals surface area (Å²) in [7, 11) is 0. The van der Waals surface area contributed by atoms with Crippen LogP contribution in [-0.4, -0.2) is 27.1 Å². The van der Waals surface area contributed by atoms with Crippen LogP contribution in [0, 0.1) is 17.0 Å². The van der Waals surface area contributed by atoms with E-state index in [1.54, 1.807) is 5.38 Å². The first-order valence-corrected chi connectivity index (χ1v) is 7.52. The van der Waals surface area contributed by atoms with E-state index in [2.05, 4.69) is 15.5 Å². The number of hydrogen-bond donors (Lipinski definition) is 2. The molecule has 1 heterocycles. The van der Waals surface area contributed by atoms with E-state index in [0.29, 0.717) is 5.69 Å². The Morgan fingerprint density at radius 3 is 2.96 bits per heavy atom. The first kappa shape index (κ1) is 16.8. The monoisotopic (exact) mass is 354 g/mol. The third kappa shape index (κ3) is 4.47. The largest absolute Gasteiger partial charge is 0.502 e. The number of carbonyl (C=O) groups is 1. The van der Waals surface area contributed by atoms with Gasteiger partial charge in [-0.3, -0.25) is 14.9 Å². The number of rotatable bonds is 5. The van der Waals surface area contributed by atoms with Crippen LogP contribution >= 0.6 is 22.9 Å². The third-order valence-corrected chi connectivity index (χ3v) is 3.72. The fourth-order valence-electron chi connectivity index (χ4n) is 1.71. The van der Waals surface area contributed by atoms with E-state index in [1.165, 1.54) is 17.4 Å². The molecule has 0 aliphatic rings. The van der Waals surface area contributed by atoms with Crippen molar-refractivity contribution in [3.8, 4) is 5.75 Å². The van der Waals surface area contributed by atoms with Gasteiger partial charge in [-0.05, 0) is 13.0 Å². The number of carbonyl (C=O) groups excluding carboxylic acids is 1. The Labute approximate surface area is 139 Å². The van der Waals surface area contributed by atoms with Crippen molar-refractivity contribution in [3.63, 3.8) is 0 Å². The van der Waals surface area contributed by atoms with Crippen LogP contribution in [0.2, 0.25) is 5.02 Å². The first-order valence-electron chi connectivity index (χ1n) is 6.26. The second kappa shape index (κ2) is 7.16. The molecule has 10 heteroatoms. The number of nitrogens with zero attached hydrogens (tertiary/aromatic N) is 3. The van der Waals surface area contributed by atoms with E-state index in [9.17, 15) is 20.0 Å². The van der Waals surface area contributed by atoms with Crippen molar-refractivity contribution in [1.29, 1.82) is 0 Å². The molecule has 0 spiro atoms. The number of aromatic hydroxyl groups is 1. The number of hydrazone groups is 1. The number of benzene rings is 1. The van der Waals surface area contributed by atoms with Gasteiger partial charge in [-0.1, -0.05) is 11.6 Å². The van der Waals surface area contributed by atoms with Gasteiger partial charge in [0.2, 0.25) is 11.7 Å². The smallest absolute Gasteiger partial charge is 0.312 e. The Morgan fingerprint density at radius 2 is 2.35 bits per heavy atom. The molecule has 0 saturated carbocycles. The van der Waals surface area contributed by atoms with Gasteiger partial charge in [0.05, 0.1) is 28.3 Å². The third-order valence-electron chi connectivity index (χ3n) is 2.68. The SMILES string of the molecule is Cc1nc(CC(=O)N/N=C\c2cc(Cl)cc([N+](=O)[O-])c2O)cs1. The molecular formula is C13H11ClN4O4S. The molecule has 0 radical (unpaired) electrons. The second-order valence-electron chi connectivity index (χ2n) is 4.45. The molecule has 1 aromatic carbocycles. The lowest BCUT2D eigenvalue weighted by Crippen LogP contribution is -2.19. The molecule has 1 amide bonds. The number of phenolic OH excluding ortho intramolecular Hbond substituents is 1. The fraction of sp³-hybridized carbons (Fsp3) is 0.154. The predicted octanol–water partition coefficient (Wildman–Crippen LogP) is 2.41. The number of nitro benzene ring substituents is 1. The van der Waals surface area contributed by atoms with E-state index in [-0.39, 0.29) is 17.0 Å². The van der Waals surface area contributed by atoms with Gasteiger partial charge in [0.25, 0.3) is 0 Å². The summed E-state index contributed by atoms with van der Waals surface area (Å²) in [6.07, 6.45) is 1.14. The number of phenols is 1. The average molecular weight is 355 g/mol. The quantitative estimate of drug-likeness (QED) is 0.485. The number of nitrogens with one attached hydrogen (secondary N) is 1. The van der Waals surface area contributed by atoms with Crippen LogP contribution in [0.5, 0.6) is 5.75 Å². The fourth-order valence-corrected chi connectivity index (χ4v) is 2.54. The van der Waals surface area contributed by atoms with Crippen molar-refractivity contribution >= 4 is 40.7 Å². The van der Waals surface area contributed by atoms with Gasteiger partial charge in [-0.25, -0.2) is 10.4 Å². The number of aryl methyl sites for hydroxylation is 1. The predicted molar refractivity (Wildman–Crippen MR) is 86.1 cm³/mol. The van der Waals surface area contributed by atoms with E-state index in [0.717, 1.165) is 17.3 Å². The molecule has 8 nitrogen and oxygen atoms in total. The number of hydrogen-bond acceptors (Lipinski definition) is 7. The number of amides is 1. The lowest BCUT2D eigenvalue weighted by atomic mass is 10.2. The lowest BCUT2D eigenvalue weighted by Gasteiger charge is -2.02. The highest BCUT2D eigenvalue weighted by molar-refractivity contribution is 7.09. The first-order chi connectivity index (χ1) is 10.9. The number of nitro groups is 1. The molecule has 23 heavy (non-hydrogen) atoms. The Bertz CT molecular complexity index is 790. The van der Waals surface area contributed by atoms with Gasteiger partial charge in [0, 0.05) is 22.0 Å². The van der Waals surface area contributed by atoms with Gasteiger partial charge in [-0.15, -0.1) is 11.3 Å². The Kier molecular flexibility index (Phi) is 5.24. The zero-order chi connectivity index (χ0) is 17.0. The van der Waals surface area contributed by atoms with Crippen molar-refractivity contribution in [1.82, 2.24) is 10.4 Å². The maximum absolute atomic E-state index is 11.7. The van der Waals surface area contributed by atoms with E-state index >= 15 is 0 Å². The molecule has 0 aliphatic carbocycles. The van der Waals surface area contributed by atoms with Crippen molar-refractivity contribution in [3.05, 3.63) is 48.9 Å². The van der Waals surface area contributed by atoms with E-state index < -0.39 is 22.3 Å².